The van der Waals surface area contributed by atoms with Crippen LogP contribution in [0.5, 0.6) is 0 Å². The van der Waals surface area contributed by atoms with Gasteiger partial charge in [-0.25, -0.2) is 22.3 Å². The largest absolute Gasteiger partial charge is 0.334 e. The van der Waals surface area contributed by atoms with Gasteiger partial charge in [-0.1, -0.05) is 44.6 Å². The van der Waals surface area contributed by atoms with Crippen LogP contribution < -0.4 is 10.0 Å². The summed E-state index contributed by atoms with van der Waals surface area (Å²) in [7, 11) is -3.17. The van der Waals surface area contributed by atoms with E-state index in [1.165, 1.54) is 4.90 Å². The first kappa shape index (κ1) is 25.5. The first-order valence-electron chi connectivity index (χ1n) is 11.5. The third-order valence-corrected chi connectivity index (χ3v) is 7.66. The summed E-state index contributed by atoms with van der Waals surface area (Å²) in [5.74, 6) is 0. The summed E-state index contributed by atoms with van der Waals surface area (Å²) >= 11 is 0. The summed E-state index contributed by atoms with van der Waals surface area (Å²) in [6, 6.07) is 3.42. The molecule has 0 spiro atoms. The van der Waals surface area contributed by atoms with Gasteiger partial charge in [0.15, 0.2) is 0 Å². The van der Waals surface area contributed by atoms with Crippen LogP contribution in [0.15, 0.2) is 24.5 Å². The van der Waals surface area contributed by atoms with E-state index in [-0.39, 0.29) is 17.8 Å². The van der Waals surface area contributed by atoms with Crippen LogP contribution in [0, 0.1) is 0 Å². The Hall–Kier alpha value is -1.74. The number of aromatic nitrogens is 1. The molecule has 7 nitrogen and oxygen atoms in total. The standard InChI is InChI=1S/C22H37FN4O3S/c23-13-17-27(22(28)25-19-20-10-9-14-24-18-20)16-8-3-1-2-7-15-26-31(29,30)21-11-5-4-6-12-21/h9-10,14,18,21,26H,1-8,11-13,15-17,19H2,(H,25,28). The highest BCUT2D eigenvalue weighted by Crippen LogP contribution is 2.23. The van der Waals surface area contributed by atoms with Crippen LogP contribution in [0.1, 0.15) is 69.8 Å². The van der Waals surface area contributed by atoms with Crippen LogP contribution >= 0.6 is 0 Å². The van der Waals surface area contributed by atoms with Crippen molar-refractivity contribution in [3.05, 3.63) is 30.1 Å². The first-order valence-corrected chi connectivity index (χ1v) is 13.0. The molecule has 1 aromatic rings. The molecule has 0 atom stereocenters. The number of nitrogens with zero attached hydrogens (tertiary/aromatic N) is 2. The fourth-order valence-electron chi connectivity index (χ4n) is 3.87. The summed E-state index contributed by atoms with van der Waals surface area (Å²) in [6.07, 6.45) is 12.5. The lowest BCUT2D eigenvalue weighted by atomic mass is 10.0. The Labute approximate surface area is 186 Å². The number of carbonyl (C=O) groups excluding carboxylic acids is 1. The molecule has 1 aliphatic carbocycles. The molecular weight excluding hydrogens is 419 g/mol. The van der Waals surface area contributed by atoms with Gasteiger partial charge in [-0.3, -0.25) is 4.98 Å². The van der Waals surface area contributed by atoms with E-state index in [4.69, 9.17) is 0 Å². The zero-order valence-electron chi connectivity index (χ0n) is 18.4. The predicted molar refractivity (Wildman–Crippen MR) is 121 cm³/mol. The summed E-state index contributed by atoms with van der Waals surface area (Å²) in [6.45, 7) is 0.885. The number of sulfonamides is 1. The van der Waals surface area contributed by atoms with Gasteiger partial charge in [-0.2, -0.15) is 0 Å². The number of hydrogen-bond donors (Lipinski definition) is 2. The van der Waals surface area contributed by atoms with E-state index in [0.717, 1.165) is 69.8 Å². The zero-order chi connectivity index (χ0) is 22.4. The van der Waals surface area contributed by atoms with Crippen LogP contribution in [0.25, 0.3) is 0 Å². The number of amides is 2. The third-order valence-electron chi connectivity index (χ3n) is 5.71. The Morgan fingerprint density at radius 1 is 1.10 bits per heavy atom. The van der Waals surface area contributed by atoms with Gasteiger partial charge in [0, 0.05) is 32.0 Å². The Kier molecular flexibility index (Phi) is 11.8. The summed E-state index contributed by atoms with van der Waals surface area (Å²) in [4.78, 5) is 17.8. The Morgan fingerprint density at radius 3 is 2.55 bits per heavy atom. The normalized spacial score (nSPS) is 15.0. The molecule has 1 aliphatic rings. The number of urea groups is 1. The molecule has 2 amide bonds. The Balaban J connectivity index is 1.55. The molecule has 2 N–H and O–H groups in total. The van der Waals surface area contributed by atoms with E-state index >= 15 is 0 Å². The second-order valence-corrected chi connectivity index (χ2v) is 10.2. The van der Waals surface area contributed by atoms with E-state index in [1.54, 1.807) is 12.4 Å². The molecule has 0 saturated heterocycles. The van der Waals surface area contributed by atoms with Crippen molar-refractivity contribution >= 4 is 16.1 Å². The number of pyridine rings is 1. The SMILES string of the molecule is O=C(NCc1cccnc1)N(CCF)CCCCCCCNS(=O)(=O)C1CCCCC1. The van der Waals surface area contributed by atoms with Gasteiger partial charge in [-0.15, -0.1) is 0 Å². The minimum absolute atomic E-state index is 0.0851. The smallest absolute Gasteiger partial charge is 0.317 e. The maximum atomic E-state index is 12.8. The monoisotopic (exact) mass is 456 g/mol. The maximum Gasteiger partial charge on any atom is 0.317 e. The average Bonchev–Trinajstić information content (AvgIpc) is 2.79. The molecule has 0 aromatic carbocycles. The van der Waals surface area contributed by atoms with Gasteiger partial charge >= 0.3 is 6.03 Å². The highest BCUT2D eigenvalue weighted by molar-refractivity contribution is 7.90. The van der Waals surface area contributed by atoms with Gasteiger partial charge in [0.1, 0.15) is 6.67 Å². The molecule has 176 valence electrons. The summed E-state index contributed by atoms with van der Waals surface area (Å²) in [5, 5.41) is 2.59. The molecule has 0 radical (unpaired) electrons. The molecule has 0 bridgehead atoms. The van der Waals surface area contributed by atoms with Crippen molar-refractivity contribution in [1.82, 2.24) is 19.9 Å². The number of hydrogen-bond acceptors (Lipinski definition) is 4. The lowest BCUT2D eigenvalue weighted by molar-refractivity contribution is 0.190. The molecule has 1 saturated carbocycles. The van der Waals surface area contributed by atoms with Crippen LogP contribution in [-0.2, 0) is 16.6 Å². The Morgan fingerprint density at radius 2 is 1.84 bits per heavy atom. The lowest BCUT2D eigenvalue weighted by Gasteiger charge is -2.22. The number of unbranched alkanes of at least 4 members (excludes halogenated alkanes) is 4. The van der Waals surface area contributed by atoms with Crippen LogP contribution in [0.2, 0.25) is 0 Å². The van der Waals surface area contributed by atoms with Crippen LogP contribution in [0.4, 0.5) is 9.18 Å². The van der Waals surface area contributed by atoms with Crippen LogP contribution in [-0.4, -0.2) is 55.9 Å². The van der Waals surface area contributed by atoms with Gasteiger partial charge in [-0.05, 0) is 37.3 Å². The number of rotatable bonds is 14. The van der Waals surface area contributed by atoms with Gasteiger partial charge in [0.25, 0.3) is 0 Å². The highest BCUT2D eigenvalue weighted by Gasteiger charge is 2.26. The van der Waals surface area contributed by atoms with Crippen LogP contribution in [0.3, 0.4) is 0 Å². The summed E-state index contributed by atoms with van der Waals surface area (Å²) < 4.78 is 40.1. The topological polar surface area (TPSA) is 91.4 Å². The van der Waals surface area contributed by atoms with Gasteiger partial charge < -0.3 is 10.2 Å². The molecule has 2 rings (SSSR count). The van der Waals surface area contributed by atoms with Crippen molar-refractivity contribution in [2.24, 2.45) is 0 Å². The minimum Gasteiger partial charge on any atom is -0.334 e. The molecule has 0 unspecified atom stereocenters. The average molecular weight is 457 g/mol. The molecule has 1 aromatic heterocycles. The first-order chi connectivity index (χ1) is 15.0. The molecule has 1 fully saturated rings. The van der Waals surface area contributed by atoms with Gasteiger partial charge in [0.05, 0.1) is 11.8 Å². The maximum absolute atomic E-state index is 12.8. The van der Waals surface area contributed by atoms with Crippen molar-refractivity contribution in [3.8, 4) is 0 Å². The molecular formula is C22H37FN4O3S. The number of carbonyl (C=O) groups is 1. The summed E-state index contributed by atoms with van der Waals surface area (Å²) in [5.41, 5.74) is 0.898. The number of halogens is 1. The molecule has 31 heavy (non-hydrogen) atoms. The predicted octanol–water partition coefficient (Wildman–Crippen LogP) is 3.77. The van der Waals surface area contributed by atoms with Crippen molar-refractivity contribution in [1.29, 1.82) is 0 Å². The van der Waals surface area contributed by atoms with E-state index in [0.29, 0.717) is 19.6 Å². The number of nitrogens with one attached hydrogen (secondary N) is 2. The van der Waals surface area contributed by atoms with E-state index in [1.807, 2.05) is 12.1 Å². The fourth-order valence-corrected chi connectivity index (χ4v) is 5.49. The van der Waals surface area contributed by atoms with E-state index in [2.05, 4.69) is 15.0 Å². The second kappa shape index (κ2) is 14.3. The highest BCUT2D eigenvalue weighted by atomic mass is 32.2. The van der Waals surface area contributed by atoms with E-state index in [9.17, 15) is 17.6 Å². The minimum atomic E-state index is -3.17. The number of alkyl halides is 1. The van der Waals surface area contributed by atoms with Crippen molar-refractivity contribution in [2.45, 2.75) is 76.0 Å². The molecule has 1 heterocycles. The van der Waals surface area contributed by atoms with Crippen molar-refractivity contribution in [2.75, 3.05) is 26.3 Å². The molecule has 0 aliphatic heterocycles. The Bertz CT molecular complexity index is 728. The van der Waals surface area contributed by atoms with Crippen molar-refractivity contribution < 1.29 is 17.6 Å². The fraction of sp³-hybridized carbons (Fsp3) is 0.727. The van der Waals surface area contributed by atoms with E-state index < -0.39 is 16.7 Å². The zero-order valence-corrected chi connectivity index (χ0v) is 19.2. The van der Waals surface area contributed by atoms with Crippen molar-refractivity contribution in [3.63, 3.8) is 0 Å². The lowest BCUT2D eigenvalue weighted by Crippen LogP contribution is -2.41. The molecule has 9 heteroatoms. The van der Waals surface area contributed by atoms with Gasteiger partial charge in [0.2, 0.25) is 10.0 Å². The second-order valence-electron chi connectivity index (χ2n) is 8.16. The quantitative estimate of drug-likeness (QED) is 0.417. The third kappa shape index (κ3) is 9.95.